The molecule has 4 heteroatoms. The average molecular weight is 289 g/mol. The maximum atomic E-state index is 6.05. The van der Waals surface area contributed by atoms with Gasteiger partial charge in [-0.15, -0.1) is 0 Å². The van der Waals surface area contributed by atoms with Gasteiger partial charge in [-0.3, -0.25) is 0 Å². The fourth-order valence-electron chi connectivity index (χ4n) is 2.13. The average Bonchev–Trinajstić information content (AvgIpc) is 3.29. The van der Waals surface area contributed by atoms with Crippen molar-refractivity contribution < 1.29 is 4.74 Å². The molecular weight excluding hydrogens is 262 g/mol. The van der Waals surface area contributed by atoms with E-state index < -0.39 is 0 Å². The van der Waals surface area contributed by atoms with Crippen LogP contribution in [0.5, 0.6) is 5.75 Å². The van der Waals surface area contributed by atoms with Gasteiger partial charge >= 0.3 is 0 Å². The highest BCUT2D eigenvalue weighted by Crippen LogP contribution is 2.26. The lowest BCUT2D eigenvalue weighted by Gasteiger charge is -2.18. The number of aryl methyl sites for hydroxylation is 1. The van der Waals surface area contributed by atoms with Gasteiger partial charge in [-0.2, -0.15) is 0 Å². The molecule has 0 radical (unpaired) electrons. The van der Waals surface area contributed by atoms with E-state index in [-0.39, 0.29) is 6.10 Å². The van der Waals surface area contributed by atoms with Crippen LogP contribution in [0.25, 0.3) is 0 Å². The van der Waals surface area contributed by atoms with Crippen molar-refractivity contribution in [2.75, 3.05) is 7.05 Å². The first-order valence-corrected chi connectivity index (χ1v) is 7.80. The summed E-state index contributed by atoms with van der Waals surface area (Å²) in [7, 11) is 2.02. The monoisotopic (exact) mass is 289 g/mol. The third-order valence-corrected chi connectivity index (χ3v) is 3.99. The Labute approximate surface area is 128 Å². The third-order valence-electron chi connectivity index (χ3n) is 3.99. The number of nitrogens with two attached hydrogens (primary N) is 1. The van der Waals surface area contributed by atoms with Gasteiger partial charge in [-0.05, 0) is 44.7 Å². The van der Waals surface area contributed by atoms with Gasteiger partial charge in [0.05, 0.1) is 12.6 Å². The Morgan fingerprint density at radius 2 is 2.19 bits per heavy atom. The minimum atomic E-state index is 0.209. The molecule has 2 N–H and O–H groups in total. The Morgan fingerprint density at radius 3 is 2.81 bits per heavy atom. The van der Waals surface area contributed by atoms with Gasteiger partial charge in [-0.1, -0.05) is 19.1 Å². The maximum Gasteiger partial charge on any atom is 0.191 e. The van der Waals surface area contributed by atoms with Crippen LogP contribution < -0.4 is 10.5 Å². The van der Waals surface area contributed by atoms with E-state index in [0.29, 0.717) is 18.5 Å². The number of hydrogen-bond donors (Lipinski definition) is 1. The predicted octanol–water partition coefficient (Wildman–Crippen LogP) is 3.08. The van der Waals surface area contributed by atoms with Crippen molar-refractivity contribution in [1.29, 1.82) is 0 Å². The predicted molar refractivity (Wildman–Crippen MR) is 87.7 cm³/mol. The van der Waals surface area contributed by atoms with Crippen molar-refractivity contribution in [1.82, 2.24) is 4.90 Å². The van der Waals surface area contributed by atoms with Gasteiger partial charge in [0.15, 0.2) is 5.96 Å². The molecule has 0 spiro atoms. The molecular formula is C17H27N3O. The van der Waals surface area contributed by atoms with Crippen molar-refractivity contribution in [2.45, 2.75) is 58.7 Å². The van der Waals surface area contributed by atoms with E-state index in [1.54, 1.807) is 0 Å². The Morgan fingerprint density at radius 1 is 1.48 bits per heavy atom. The topological polar surface area (TPSA) is 50.9 Å². The number of ether oxygens (including phenoxy) is 1. The minimum absolute atomic E-state index is 0.209. The van der Waals surface area contributed by atoms with Crippen molar-refractivity contribution in [2.24, 2.45) is 10.7 Å². The molecule has 116 valence electrons. The summed E-state index contributed by atoms with van der Waals surface area (Å²) >= 11 is 0. The molecule has 1 aliphatic rings. The molecule has 4 nitrogen and oxygen atoms in total. The SMILES string of the molecule is CCC(C)Oc1cc(C)ccc1CN=C(N)N(C)C1CC1. The van der Waals surface area contributed by atoms with E-state index in [4.69, 9.17) is 10.5 Å². The van der Waals surface area contributed by atoms with Gasteiger partial charge in [-0.25, -0.2) is 4.99 Å². The number of guanidine groups is 1. The molecule has 0 saturated heterocycles. The van der Waals surface area contributed by atoms with Crippen molar-refractivity contribution in [3.8, 4) is 5.75 Å². The van der Waals surface area contributed by atoms with Crippen LogP contribution in [-0.2, 0) is 6.54 Å². The van der Waals surface area contributed by atoms with Crippen molar-refractivity contribution >= 4 is 5.96 Å². The molecule has 1 aliphatic carbocycles. The zero-order valence-corrected chi connectivity index (χ0v) is 13.6. The van der Waals surface area contributed by atoms with Gasteiger partial charge in [0, 0.05) is 18.7 Å². The molecule has 1 unspecified atom stereocenters. The van der Waals surface area contributed by atoms with E-state index in [0.717, 1.165) is 17.7 Å². The second-order valence-electron chi connectivity index (χ2n) is 5.96. The number of benzene rings is 1. The van der Waals surface area contributed by atoms with Crippen LogP contribution in [0.15, 0.2) is 23.2 Å². The van der Waals surface area contributed by atoms with E-state index in [2.05, 4.69) is 48.9 Å². The minimum Gasteiger partial charge on any atom is -0.490 e. The number of aliphatic imine (C=N–C) groups is 1. The zero-order chi connectivity index (χ0) is 15.4. The lowest BCUT2D eigenvalue weighted by atomic mass is 10.1. The Balaban J connectivity index is 2.09. The standard InChI is InChI=1S/C17H27N3O/c1-5-13(3)21-16-10-12(2)6-7-14(16)11-19-17(18)20(4)15-8-9-15/h6-7,10,13,15H,5,8-9,11H2,1-4H3,(H2,18,19). The van der Waals surface area contributed by atoms with Crippen LogP contribution in [0.4, 0.5) is 0 Å². The largest absolute Gasteiger partial charge is 0.490 e. The summed E-state index contributed by atoms with van der Waals surface area (Å²) < 4.78 is 6.00. The van der Waals surface area contributed by atoms with Gasteiger partial charge in [0.1, 0.15) is 5.75 Å². The second kappa shape index (κ2) is 6.83. The van der Waals surface area contributed by atoms with Crippen LogP contribution in [0.3, 0.4) is 0 Å². The molecule has 0 heterocycles. The Kier molecular flexibility index (Phi) is 5.10. The maximum absolute atomic E-state index is 6.05. The summed E-state index contributed by atoms with van der Waals surface area (Å²) in [4.78, 5) is 6.59. The quantitative estimate of drug-likeness (QED) is 0.647. The van der Waals surface area contributed by atoms with Crippen molar-refractivity contribution in [3.05, 3.63) is 29.3 Å². The fraction of sp³-hybridized carbons (Fsp3) is 0.588. The molecule has 0 bridgehead atoms. The summed E-state index contributed by atoms with van der Waals surface area (Å²) in [5.41, 5.74) is 8.34. The van der Waals surface area contributed by atoms with Crippen LogP contribution in [0.2, 0.25) is 0 Å². The van der Waals surface area contributed by atoms with Gasteiger partial charge < -0.3 is 15.4 Å². The Bertz CT molecular complexity index is 509. The van der Waals surface area contributed by atoms with Crippen LogP contribution in [0.1, 0.15) is 44.2 Å². The van der Waals surface area contributed by atoms with Crippen LogP contribution in [-0.4, -0.2) is 30.1 Å². The van der Waals surface area contributed by atoms with Crippen LogP contribution in [0, 0.1) is 6.92 Å². The summed E-state index contributed by atoms with van der Waals surface area (Å²) in [5, 5.41) is 0. The third kappa shape index (κ3) is 4.38. The van der Waals surface area contributed by atoms with Crippen LogP contribution >= 0.6 is 0 Å². The van der Waals surface area contributed by atoms with E-state index >= 15 is 0 Å². The molecule has 1 aromatic carbocycles. The van der Waals surface area contributed by atoms with E-state index in [1.165, 1.54) is 18.4 Å². The molecule has 0 aromatic heterocycles. The summed E-state index contributed by atoms with van der Waals surface area (Å²) in [6.07, 6.45) is 3.64. The normalized spacial score (nSPS) is 16.7. The lowest BCUT2D eigenvalue weighted by Crippen LogP contribution is -2.35. The Hall–Kier alpha value is -1.71. The first-order chi connectivity index (χ1) is 10.0. The molecule has 1 aromatic rings. The molecule has 2 rings (SSSR count). The summed E-state index contributed by atoms with van der Waals surface area (Å²) in [6.45, 7) is 6.85. The summed E-state index contributed by atoms with van der Waals surface area (Å²) in [6, 6.07) is 6.84. The highest BCUT2D eigenvalue weighted by molar-refractivity contribution is 5.78. The summed E-state index contributed by atoms with van der Waals surface area (Å²) in [5.74, 6) is 1.54. The number of hydrogen-bond acceptors (Lipinski definition) is 2. The lowest BCUT2D eigenvalue weighted by molar-refractivity contribution is 0.215. The molecule has 21 heavy (non-hydrogen) atoms. The van der Waals surface area contributed by atoms with E-state index in [1.807, 2.05) is 7.05 Å². The zero-order valence-electron chi connectivity index (χ0n) is 13.6. The van der Waals surface area contributed by atoms with Crippen molar-refractivity contribution in [3.63, 3.8) is 0 Å². The van der Waals surface area contributed by atoms with Gasteiger partial charge in [0.2, 0.25) is 0 Å². The fourth-order valence-corrected chi connectivity index (χ4v) is 2.13. The first kappa shape index (κ1) is 15.7. The number of nitrogens with zero attached hydrogens (tertiary/aromatic N) is 2. The number of rotatable bonds is 6. The molecule has 0 aliphatic heterocycles. The molecule has 0 amide bonds. The highest BCUT2D eigenvalue weighted by atomic mass is 16.5. The van der Waals surface area contributed by atoms with E-state index in [9.17, 15) is 0 Å². The highest BCUT2D eigenvalue weighted by Gasteiger charge is 2.27. The smallest absolute Gasteiger partial charge is 0.191 e. The molecule has 1 atom stereocenters. The molecule has 1 fully saturated rings. The molecule has 1 saturated carbocycles. The first-order valence-electron chi connectivity index (χ1n) is 7.80. The van der Waals surface area contributed by atoms with Gasteiger partial charge in [0.25, 0.3) is 0 Å². The second-order valence-corrected chi connectivity index (χ2v) is 5.96.